The fourth-order valence-corrected chi connectivity index (χ4v) is 3.24. The Morgan fingerprint density at radius 3 is 2.15 bits per heavy atom. The first kappa shape index (κ1) is 24.3. The van der Waals surface area contributed by atoms with E-state index in [0.717, 1.165) is 11.1 Å². The lowest BCUT2D eigenvalue weighted by Crippen LogP contribution is -2.34. The van der Waals surface area contributed by atoms with Crippen LogP contribution in [-0.4, -0.2) is 23.6 Å². The molecule has 0 saturated heterocycles. The minimum Gasteiger partial charge on any atom is -0.481 e. The van der Waals surface area contributed by atoms with Gasteiger partial charge in [-0.2, -0.15) is 5.10 Å². The number of halogens is 2. The van der Waals surface area contributed by atoms with Crippen molar-refractivity contribution in [2.75, 3.05) is 5.32 Å². The molecule has 0 fully saturated rings. The van der Waals surface area contributed by atoms with Gasteiger partial charge >= 0.3 is 0 Å². The smallest absolute Gasteiger partial charge is 0.280 e. The average molecular weight is 484 g/mol. The topological polar surface area (TPSA) is 79.8 Å². The summed E-state index contributed by atoms with van der Waals surface area (Å²) >= 11 is 11.8. The Bertz CT molecular complexity index is 1180. The van der Waals surface area contributed by atoms with E-state index in [-0.39, 0.29) is 11.8 Å². The van der Waals surface area contributed by atoms with Crippen molar-refractivity contribution in [3.63, 3.8) is 0 Å². The van der Waals surface area contributed by atoms with E-state index in [1.165, 1.54) is 0 Å². The first-order valence-electron chi connectivity index (χ1n) is 10.2. The van der Waals surface area contributed by atoms with Gasteiger partial charge in [-0.05, 0) is 86.5 Å². The molecule has 0 aliphatic heterocycles. The van der Waals surface area contributed by atoms with Crippen molar-refractivity contribution in [1.29, 1.82) is 0 Å². The first-order valence-corrected chi connectivity index (χ1v) is 10.9. The Kier molecular flexibility index (Phi) is 8.09. The third-order valence-corrected chi connectivity index (χ3v) is 5.30. The highest BCUT2D eigenvalue weighted by atomic mass is 35.5. The number of nitrogens with one attached hydrogen (secondary N) is 2. The van der Waals surface area contributed by atoms with Crippen LogP contribution < -0.4 is 15.5 Å². The summed E-state index contributed by atoms with van der Waals surface area (Å²) in [6, 6.07) is 19.0. The zero-order valence-electron chi connectivity index (χ0n) is 18.4. The second-order valence-electron chi connectivity index (χ2n) is 7.38. The van der Waals surface area contributed by atoms with Crippen molar-refractivity contribution in [2.24, 2.45) is 5.10 Å². The molecule has 0 aromatic heterocycles. The molecule has 1 unspecified atom stereocenters. The molecular formula is C25H23Cl2N3O3. The standard InChI is InChI=1S/C25H23Cl2N3O3/c1-15-14-21(27)10-13-23(15)33-17(3)24(31)30-29-16(2)18-6-11-22(12-7-18)28-25(32)19-4-8-20(26)9-5-19/h4-14,17H,1-3H3,(H,28,32)(H,30,31)/b29-16-. The van der Waals surface area contributed by atoms with E-state index in [0.29, 0.717) is 32.8 Å². The van der Waals surface area contributed by atoms with E-state index in [1.807, 2.05) is 6.92 Å². The molecule has 0 aliphatic rings. The Balaban J connectivity index is 1.56. The normalized spacial score (nSPS) is 12.1. The Labute approximate surface area is 202 Å². The van der Waals surface area contributed by atoms with Gasteiger partial charge in [0, 0.05) is 21.3 Å². The van der Waals surface area contributed by atoms with E-state index in [2.05, 4.69) is 15.8 Å². The SMILES string of the molecule is C/C(=N/NC(=O)C(C)Oc1ccc(Cl)cc1C)c1ccc(NC(=O)c2ccc(Cl)cc2)cc1. The van der Waals surface area contributed by atoms with Crippen molar-refractivity contribution < 1.29 is 14.3 Å². The van der Waals surface area contributed by atoms with Crippen molar-refractivity contribution in [3.8, 4) is 5.75 Å². The number of amides is 2. The molecule has 0 aliphatic carbocycles. The number of rotatable bonds is 7. The highest BCUT2D eigenvalue weighted by molar-refractivity contribution is 6.31. The van der Waals surface area contributed by atoms with Crippen molar-refractivity contribution in [2.45, 2.75) is 26.9 Å². The maximum Gasteiger partial charge on any atom is 0.280 e. The Morgan fingerprint density at radius 2 is 1.52 bits per heavy atom. The summed E-state index contributed by atoms with van der Waals surface area (Å²) in [5, 5.41) is 8.15. The highest BCUT2D eigenvalue weighted by Crippen LogP contribution is 2.23. The van der Waals surface area contributed by atoms with Crippen molar-refractivity contribution >= 4 is 46.4 Å². The minimum absolute atomic E-state index is 0.234. The van der Waals surface area contributed by atoms with Gasteiger partial charge in [0.1, 0.15) is 5.75 Å². The first-order chi connectivity index (χ1) is 15.7. The van der Waals surface area contributed by atoms with Crippen LogP contribution in [0.5, 0.6) is 5.75 Å². The van der Waals surface area contributed by atoms with Gasteiger partial charge in [-0.15, -0.1) is 0 Å². The van der Waals surface area contributed by atoms with E-state index < -0.39 is 6.10 Å². The second-order valence-corrected chi connectivity index (χ2v) is 8.25. The summed E-state index contributed by atoms with van der Waals surface area (Å²) in [5.41, 5.74) is 5.90. The molecule has 0 spiro atoms. The number of hydrazone groups is 1. The van der Waals surface area contributed by atoms with Crippen LogP contribution in [0.15, 0.2) is 71.8 Å². The highest BCUT2D eigenvalue weighted by Gasteiger charge is 2.15. The van der Waals surface area contributed by atoms with Gasteiger partial charge in [-0.25, -0.2) is 5.43 Å². The summed E-state index contributed by atoms with van der Waals surface area (Å²) in [5.74, 6) is -0.0310. The summed E-state index contributed by atoms with van der Waals surface area (Å²) in [6.45, 7) is 5.28. The molecule has 3 rings (SSSR count). The maximum absolute atomic E-state index is 12.4. The van der Waals surface area contributed by atoms with Crippen molar-refractivity contribution in [3.05, 3.63) is 93.5 Å². The van der Waals surface area contributed by atoms with Crippen LogP contribution in [-0.2, 0) is 4.79 Å². The van der Waals surface area contributed by atoms with Gasteiger partial charge in [0.2, 0.25) is 0 Å². The molecular weight excluding hydrogens is 461 g/mol. The predicted molar refractivity (Wildman–Crippen MR) is 132 cm³/mol. The van der Waals surface area contributed by atoms with E-state index in [9.17, 15) is 9.59 Å². The molecule has 6 nitrogen and oxygen atoms in total. The van der Waals surface area contributed by atoms with E-state index in [4.69, 9.17) is 27.9 Å². The molecule has 2 N–H and O–H groups in total. The molecule has 2 amide bonds. The summed E-state index contributed by atoms with van der Waals surface area (Å²) in [4.78, 5) is 24.7. The number of ether oxygens (including phenoxy) is 1. The lowest BCUT2D eigenvalue weighted by molar-refractivity contribution is -0.127. The number of hydrogen-bond acceptors (Lipinski definition) is 4. The zero-order valence-corrected chi connectivity index (χ0v) is 19.9. The molecule has 1 atom stereocenters. The van der Waals surface area contributed by atoms with Gasteiger partial charge in [0.05, 0.1) is 5.71 Å². The maximum atomic E-state index is 12.4. The van der Waals surface area contributed by atoms with E-state index in [1.54, 1.807) is 80.6 Å². The van der Waals surface area contributed by atoms with Crippen LogP contribution in [0, 0.1) is 6.92 Å². The molecule has 170 valence electrons. The molecule has 33 heavy (non-hydrogen) atoms. The molecule has 3 aromatic carbocycles. The number of carbonyl (C=O) groups is 2. The minimum atomic E-state index is -0.744. The molecule has 3 aromatic rings. The molecule has 0 radical (unpaired) electrons. The quantitative estimate of drug-likeness (QED) is 0.326. The van der Waals surface area contributed by atoms with Crippen LogP contribution in [0.4, 0.5) is 5.69 Å². The average Bonchev–Trinajstić information content (AvgIpc) is 2.79. The number of benzene rings is 3. The number of carbonyl (C=O) groups excluding carboxylic acids is 2. The van der Waals surface area contributed by atoms with Gasteiger partial charge in [0.15, 0.2) is 6.10 Å². The lowest BCUT2D eigenvalue weighted by Gasteiger charge is -2.15. The lowest BCUT2D eigenvalue weighted by atomic mass is 10.1. The number of aryl methyl sites for hydroxylation is 1. The largest absolute Gasteiger partial charge is 0.481 e. The second kappa shape index (κ2) is 11.0. The van der Waals surface area contributed by atoms with Gasteiger partial charge in [-0.3, -0.25) is 9.59 Å². The van der Waals surface area contributed by atoms with Gasteiger partial charge in [-0.1, -0.05) is 35.3 Å². The third-order valence-electron chi connectivity index (χ3n) is 4.81. The summed E-state index contributed by atoms with van der Waals surface area (Å²) in [6.07, 6.45) is -0.744. The summed E-state index contributed by atoms with van der Waals surface area (Å²) in [7, 11) is 0. The molecule has 0 heterocycles. The fraction of sp³-hybridized carbons (Fsp3) is 0.160. The molecule has 0 saturated carbocycles. The van der Waals surface area contributed by atoms with Crippen LogP contribution in [0.3, 0.4) is 0 Å². The fourth-order valence-electron chi connectivity index (χ4n) is 2.88. The zero-order chi connectivity index (χ0) is 24.0. The van der Waals surface area contributed by atoms with E-state index >= 15 is 0 Å². The van der Waals surface area contributed by atoms with Crippen LogP contribution in [0.2, 0.25) is 10.0 Å². The van der Waals surface area contributed by atoms with Crippen molar-refractivity contribution in [1.82, 2.24) is 5.43 Å². The van der Waals surface area contributed by atoms with Crippen LogP contribution >= 0.6 is 23.2 Å². The Morgan fingerprint density at radius 1 is 0.909 bits per heavy atom. The van der Waals surface area contributed by atoms with Crippen LogP contribution in [0.25, 0.3) is 0 Å². The van der Waals surface area contributed by atoms with Crippen LogP contribution in [0.1, 0.15) is 35.3 Å². The number of hydrogen-bond donors (Lipinski definition) is 2. The number of anilines is 1. The van der Waals surface area contributed by atoms with Gasteiger partial charge in [0.25, 0.3) is 11.8 Å². The molecule has 8 heteroatoms. The van der Waals surface area contributed by atoms with Gasteiger partial charge < -0.3 is 10.1 Å². The monoisotopic (exact) mass is 483 g/mol. The Hall–Kier alpha value is -3.35. The number of nitrogens with zero attached hydrogens (tertiary/aromatic N) is 1. The predicted octanol–water partition coefficient (Wildman–Crippen LogP) is 5.86. The summed E-state index contributed by atoms with van der Waals surface area (Å²) < 4.78 is 5.71. The molecule has 0 bridgehead atoms. The third kappa shape index (κ3) is 6.81.